The number of anilines is 1. The van der Waals surface area contributed by atoms with Crippen LogP contribution in [0.4, 0.5) is 5.69 Å². The highest BCUT2D eigenvalue weighted by Crippen LogP contribution is 2.41. The maximum Gasteiger partial charge on any atom is 0.258 e. The molecule has 33 heavy (non-hydrogen) atoms. The number of nitrogens with zero attached hydrogens (tertiary/aromatic N) is 2. The van der Waals surface area contributed by atoms with Crippen molar-refractivity contribution in [3.05, 3.63) is 53.6 Å². The summed E-state index contributed by atoms with van der Waals surface area (Å²) in [6, 6.07) is 13.6. The van der Waals surface area contributed by atoms with E-state index in [4.69, 9.17) is 9.47 Å². The molecule has 1 saturated carbocycles. The zero-order chi connectivity index (χ0) is 23.4. The first-order chi connectivity index (χ1) is 16.1. The predicted molar refractivity (Wildman–Crippen MR) is 124 cm³/mol. The number of fused-ring (bicyclic) bond motifs is 1. The van der Waals surface area contributed by atoms with Crippen LogP contribution in [0.3, 0.4) is 0 Å². The Balaban J connectivity index is 1.66. The second-order valence-electron chi connectivity index (χ2n) is 8.52. The number of amides is 2. The van der Waals surface area contributed by atoms with Gasteiger partial charge in [0.15, 0.2) is 0 Å². The standard InChI is InChI=1S/C26H29N3O4/c1-3-33-24-13-12-17(16-27)14-20(24)28-25(30)22-15-18-8-4-6-10-21(18)29(22)26(31)19-9-5-7-11-23(19)32-2/h5,7,9,11-14,18,21-22H,3-4,6,8,10,15H2,1-2H3,(H,28,30). The fourth-order valence-corrected chi connectivity index (χ4v) is 5.14. The van der Waals surface area contributed by atoms with Crippen LogP contribution in [0.15, 0.2) is 42.5 Å². The van der Waals surface area contributed by atoms with Gasteiger partial charge in [-0.15, -0.1) is 0 Å². The van der Waals surface area contributed by atoms with Crippen LogP contribution in [0.5, 0.6) is 11.5 Å². The average Bonchev–Trinajstić information content (AvgIpc) is 3.24. The number of hydrogen-bond donors (Lipinski definition) is 1. The number of benzene rings is 2. The van der Waals surface area contributed by atoms with Crippen molar-refractivity contribution in [1.82, 2.24) is 4.90 Å². The van der Waals surface area contributed by atoms with Crippen molar-refractivity contribution in [2.75, 3.05) is 19.0 Å². The number of carbonyl (C=O) groups excluding carboxylic acids is 2. The summed E-state index contributed by atoms with van der Waals surface area (Å²) in [5.74, 6) is 0.857. The van der Waals surface area contributed by atoms with Crippen molar-refractivity contribution in [2.24, 2.45) is 5.92 Å². The fourth-order valence-electron chi connectivity index (χ4n) is 5.14. The average molecular weight is 448 g/mol. The first-order valence-electron chi connectivity index (χ1n) is 11.5. The first-order valence-corrected chi connectivity index (χ1v) is 11.5. The van der Waals surface area contributed by atoms with E-state index in [0.717, 1.165) is 25.7 Å². The van der Waals surface area contributed by atoms with Gasteiger partial charge >= 0.3 is 0 Å². The summed E-state index contributed by atoms with van der Waals surface area (Å²) in [5.41, 5.74) is 1.33. The Morgan fingerprint density at radius 3 is 2.70 bits per heavy atom. The Kier molecular flexibility index (Phi) is 6.83. The molecule has 2 aromatic rings. The van der Waals surface area contributed by atoms with Gasteiger partial charge in [-0.2, -0.15) is 5.26 Å². The number of methoxy groups -OCH3 is 1. The molecule has 2 amide bonds. The minimum Gasteiger partial charge on any atom is -0.496 e. The SMILES string of the molecule is CCOc1ccc(C#N)cc1NC(=O)C1CC2CCCCC2N1C(=O)c1ccccc1OC. The van der Waals surface area contributed by atoms with E-state index in [0.29, 0.717) is 47.3 Å². The van der Waals surface area contributed by atoms with Gasteiger partial charge in [-0.25, -0.2) is 0 Å². The first kappa shape index (κ1) is 22.7. The van der Waals surface area contributed by atoms with E-state index < -0.39 is 6.04 Å². The monoisotopic (exact) mass is 447 g/mol. The zero-order valence-corrected chi connectivity index (χ0v) is 19.0. The molecule has 4 rings (SSSR count). The van der Waals surface area contributed by atoms with Gasteiger partial charge in [0.25, 0.3) is 5.91 Å². The third-order valence-corrected chi connectivity index (χ3v) is 6.63. The molecule has 7 heteroatoms. The molecule has 0 bridgehead atoms. The lowest BCUT2D eigenvalue weighted by Gasteiger charge is -2.34. The Morgan fingerprint density at radius 2 is 1.94 bits per heavy atom. The summed E-state index contributed by atoms with van der Waals surface area (Å²) in [7, 11) is 1.54. The molecule has 0 radical (unpaired) electrons. The van der Waals surface area contributed by atoms with Crippen LogP contribution in [-0.2, 0) is 4.79 Å². The van der Waals surface area contributed by atoms with Crippen LogP contribution in [0, 0.1) is 17.2 Å². The molecule has 1 heterocycles. The van der Waals surface area contributed by atoms with Gasteiger partial charge in [0.2, 0.25) is 5.91 Å². The number of likely N-dealkylation sites (tertiary alicyclic amines) is 1. The van der Waals surface area contributed by atoms with Gasteiger partial charge in [0.1, 0.15) is 17.5 Å². The summed E-state index contributed by atoms with van der Waals surface area (Å²) >= 11 is 0. The van der Waals surface area contributed by atoms with Gasteiger partial charge in [-0.3, -0.25) is 9.59 Å². The minimum atomic E-state index is -0.601. The van der Waals surface area contributed by atoms with Gasteiger partial charge < -0.3 is 19.7 Å². The van der Waals surface area contributed by atoms with Crippen molar-refractivity contribution >= 4 is 17.5 Å². The number of hydrogen-bond acceptors (Lipinski definition) is 5. The Labute approximate surface area is 194 Å². The van der Waals surface area contributed by atoms with Crippen molar-refractivity contribution in [1.29, 1.82) is 5.26 Å². The molecule has 2 aromatic carbocycles. The lowest BCUT2D eigenvalue weighted by Crippen LogP contribution is -2.48. The number of rotatable bonds is 6. The van der Waals surface area contributed by atoms with E-state index in [1.807, 2.05) is 13.0 Å². The molecular weight excluding hydrogens is 418 g/mol. The van der Waals surface area contributed by atoms with Gasteiger partial charge in [-0.1, -0.05) is 25.0 Å². The summed E-state index contributed by atoms with van der Waals surface area (Å²) in [6.45, 7) is 2.29. The second-order valence-corrected chi connectivity index (χ2v) is 8.52. The number of nitrogens with one attached hydrogen (secondary N) is 1. The normalized spacial score (nSPS) is 21.6. The topological polar surface area (TPSA) is 91.7 Å². The lowest BCUT2D eigenvalue weighted by atomic mass is 9.84. The molecule has 0 aromatic heterocycles. The number of ether oxygens (including phenoxy) is 2. The highest BCUT2D eigenvalue weighted by molar-refractivity contribution is 6.03. The molecule has 3 atom stereocenters. The third kappa shape index (κ3) is 4.51. The van der Waals surface area contributed by atoms with Crippen molar-refractivity contribution in [3.63, 3.8) is 0 Å². The molecule has 1 saturated heterocycles. The zero-order valence-electron chi connectivity index (χ0n) is 19.0. The van der Waals surface area contributed by atoms with E-state index in [9.17, 15) is 14.9 Å². The number of nitriles is 1. The van der Waals surface area contributed by atoms with Crippen LogP contribution in [0.2, 0.25) is 0 Å². The van der Waals surface area contributed by atoms with Crippen LogP contribution in [-0.4, -0.2) is 42.5 Å². The highest BCUT2D eigenvalue weighted by atomic mass is 16.5. The molecule has 7 nitrogen and oxygen atoms in total. The van der Waals surface area contributed by atoms with Crippen molar-refractivity contribution in [3.8, 4) is 17.6 Å². The van der Waals surface area contributed by atoms with Crippen LogP contribution < -0.4 is 14.8 Å². The lowest BCUT2D eigenvalue weighted by molar-refractivity contribution is -0.120. The smallest absolute Gasteiger partial charge is 0.258 e. The van der Waals surface area contributed by atoms with E-state index in [2.05, 4.69) is 11.4 Å². The third-order valence-electron chi connectivity index (χ3n) is 6.63. The maximum atomic E-state index is 13.7. The summed E-state index contributed by atoms with van der Waals surface area (Å²) in [6.07, 6.45) is 4.69. The van der Waals surface area contributed by atoms with E-state index in [-0.39, 0.29) is 17.9 Å². The molecule has 2 fully saturated rings. The summed E-state index contributed by atoms with van der Waals surface area (Å²) < 4.78 is 11.1. The Bertz CT molecular complexity index is 1080. The molecule has 1 aliphatic heterocycles. The van der Waals surface area contributed by atoms with Gasteiger partial charge in [-0.05, 0) is 62.4 Å². The summed E-state index contributed by atoms with van der Waals surface area (Å²) in [4.78, 5) is 29.0. The van der Waals surface area contributed by atoms with Crippen LogP contribution >= 0.6 is 0 Å². The van der Waals surface area contributed by atoms with E-state index >= 15 is 0 Å². The van der Waals surface area contributed by atoms with E-state index in [1.165, 1.54) is 0 Å². The molecule has 0 spiro atoms. The quantitative estimate of drug-likeness (QED) is 0.710. The molecule has 1 aliphatic carbocycles. The van der Waals surface area contributed by atoms with Gasteiger partial charge in [0, 0.05) is 6.04 Å². The summed E-state index contributed by atoms with van der Waals surface area (Å²) in [5, 5.41) is 12.2. The fraction of sp³-hybridized carbons (Fsp3) is 0.423. The van der Waals surface area contributed by atoms with E-state index in [1.54, 1.807) is 48.4 Å². The van der Waals surface area contributed by atoms with Crippen LogP contribution in [0.25, 0.3) is 0 Å². The molecule has 3 unspecified atom stereocenters. The van der Waals surface area contributed by atoms with Crippen molar-refractivity contribution < 1.29 is 19.1 Å². The van der Waals surface area contributed by atoms with Crippen molar-refractivity contribution in [2.45, 2.75) is 51.1 Å². The van der Waals surface area contributed by atoms with Crippen LogP contribution in [0.1, 0.15) is 54.9 Å². The van der Waals surface area contributed by atoms with Gasteiger partial charge in [0.05, 0.1) is 36.6 Å². The molecule has 2 aliphatic rings. The number of carbonyl (C=O) groups is 2. The Morgan fingerprint density at radius 1 is 1.15 bits per heavy atom. The largest absolute Gasteiger partial charge is 0.496 e. The minimum absolute atomic E-state index is 0.0312. The predicted octanol–water partition coefficient (Wildman–Crippen LogP) is 4.38. The second kappa shape index (κ2) is 9.95. The molecule has 1 N–H and O–H groups in total. The maximum absolute atomic E-state index is 13.7. The molecule has 172 valence electrons. The highest BCUT2D eigenvalue weighted by Gasteiger charge is 2.48. The Hall–Kier alpha value is -3.53. The number of para-hydroxylation sites is 1. The molecular formula is C26H29N3O4.